The summed E-state index contributed by atoms with van der Waals surface area (Å²) in [7, 11) is 3.17. The molecule has 18 heavy (non-hydrogen) atoms. The first-order valence-electron chi connectivity index (χ1n) is 5.73. The molecule has 0 amide bonds. The first-order chi connectivity index (χ1) is 8.72. The first-order valence-corrected chi connectivity index (χ1v) is 5.73. The Labute approximate surface area is 108 Å². The molecule has 0 aromatic heterocycles. The van der Waals surface area contributed by atoms with Crippen molar-refractivity contribution in [2.45, 2.75) is 13.8 Å². The Morgan fingerprint density at radius 1 is 1.11 bits per heavy atom. The Morgan fingerprint density at radius 2 is 1.78 bits per heavy atom. The van der Waals surface area contributed by atoms with Crippen molar-refractivity contribution < 1.29 is 18.9 Å². The Hall–Kier alpha value is -1.52. The summed E-state index contributed by atoms with van der Waals surface area (Å²) < 4.78 is 20.7. The Morgan fingerprint density at radius 3 is 2.39 bits per heavy atom. The molecular formula is C14H20O4. The molecule has 0 heterocycles. The highest BCUT2D eigenvalue weighted by atomic mass is 16.7. The van der Waals surface area contributed by atoms with Crippen LogP contribution in [0.2, 0.25) is 0 Å². The van der Waals surface area contributed by atoms with Gasteiger partial charge in [0.2, 0.25) is 0 Å². The minimum absolute atomic E-state index is 0.206. The van der Waals surface area contributed by atoms with Gasteiger partial charge in [-0.15, -0.1) is 0 Å². The van der Waals surface area contributed by atoms with E-state index in [-0.39, 0.29) is 13.6 Å². The maximum atomic E-state index is 5.55. The van der Waals surface area contributed by atoms with Crippen LogP contribution < -0.4 is 9.47 Å². The van der Waals surface area contributed by atoms with Gasteiger partial charge in [-0.05, 0) is 31.6 Å². The SMILES string of the molecule is C/C=C(/C)c1ccc(OCOC)cc1OCOC. The number of ether oxygens (including phenoxy) is 4. The summed E-state index contributed by atoms with van der Waals surface area (Å²) in [6, 6.07) is 5.69. The molecule has 0 radical (unpaired) electrons. The van der Waals surface area contributed by atoms with Gasteiger partial charge in [0.25, 0.3) is 0 Å². The van der Waals surface area contributed by atoms with E-state index in [1.54, 1.807) is 14.2 Å². The Balaban J connectivity index is 2.96. The molecule has 1 aromatic carbocycles. The van der Waals surface area contributed by atoms with E-state index in [2.05, 4.69) is 0 Å². The normalized spacial score (nSPS) is 11.4. The summed E-state index contributed by atoms with van der Waals surface area (Å²) in [6.07, 6.45) is 2.03. The molecule has 1 aromatic rings. The largest absolute Gasteiger partial charge is 0.467 e. The lowest BCUT2D eigenvalue weighted by molar-refractivity contribution is 0.0459. The Bertz CT molecular complexity index is 399. The zero-order valence-electron chi connectivity index (χ0n) is 11.4. The van der Waals surface area contributed by atoms with E-state index in [4.69, 9.17) is 18.9 Å². The van der Waals surface area contributed by atoms with E-state index in [1.165, 1.54) is 0 Å². The van der Waals surface area contributed by atoms with Crippen molar-refractivity contribution in [1.82, 2.24) is 0 Å². The molecule has 0 aliphatic carbocycles. The minimum Gasteiger partial charge on any atom is -0.467 e. The van der Waals surface area contributed by atoms with E-state index in [9.17, 15) is 0 Å². The smallest absolute Gasteiger partial charge is 0.188 e. The fourth-order valence-corrected chi connectivity index (χ4v) is 1.44. The molecule has 4 nitrogen and oxygen atoms in total. The summed E-state index contributed by atoms with van der Waals surface area (Å²) in [5.41, 5.74) is 2.17. The van der Waals surface area contributed by atoms with Gasteiger partial charge in [0, 0.05) is 25.8 Å². The van der Waals surface area contributed by atoms with Crippen LogP contribution >= 0.6 is 0 Å². The van der Waals surface area contributed by atoms with Crippen LogP contribution in [0.5, 0.6) is 11.5 Å². The monoisotopic (exact) mass is 252 g/mol. The van der Waals surface area contributed by atoms with E-state index in [0.717, 1.165) is 16.9 Å². The minimum atomic E-state index is 0.206. The van der Waals surface area contributed by atoms with Crippen LogP contribution in [0.25, 0.3) is 5.57 Å². The van der Waals surface area contributed by atoms with Crippen molar-refractivity contribution >= 4 is 5.57 Å². The van der Waals surface area contributed by atoms with Crippen molar-refractivity contribution in [3.63, 3.8) is 0 Å². The van der Waals surface area contributed by atoms with Gasteiger partial charge in [-0.1, -0.05) is 6.08 Å². The highest BCUT2D eigenvalue weighted by molar-refractivity contribution is 5.69. The number of allylic oxidation sites excluding steroid dienone is 2. The van der Waals surface area contributed by atoms with E-state index in [0.29, 0.717) is 5.75 Å². The van der Waals surface area contributed by atoms with Gasteiger partial charge >= 0.3 is 0 Å². The molecule has 0 saturated heterocycles. The van der Waals surface area contributed by atoms with E-state index < -0.39 is 0 Å². The maximum Gasteiger partial charge on any atom is 0.188 e. The van der Waals surface area contributed by atoms with Gasteiger partial charge in [-0.2, -0.15) is 0 Å². The molecule has 0 bridgehead atoms. The molecule has 0 spiro atoms. The number of methoxy groups -OCH3 is 2. The van der Waals surface area contributed by atoms with Crippen LogP contribution in [0.3, 0.4) is 0 Å². The topological polar surface area (TPSA) is 36.9 Å². The van der Waals surface area contributed by atoms with Crippen molar-refractivity contribution in [2.24, 2.45) is 0 Å². The molecular weight excluding hydrogens is 232 g/mol. The number of benzene rings is 1. The van der Waals surface area contributed by atoms with Crippen LogP contribution in [-0.4, -0.2) is 27.8 Å². The molecule has 0 aliphatic rings. The summed E-state index contributed by atoms with van der Waals surface area (Å²) in [5.74, 6) is 1.44. The Kier molecular flexibility index (Phi) is 6.25. The van der Waals surface area contributed by atoms with Gasteiger partial charge in [0.1, 0.15) is 11.5 Å². The van der Waals surface area contributed by atoms with Crippen molar-refractivity contribution in [1.29, 1.82) is 0 Å². The predicted molar refractivity (Wildman–Crippen MR) is 70.8 cm³/mol. The summed E-state index contributed by atoms with van der Waals surface area (Å²) >= 11 is 0. The number of rotatable bonds is 7. The zero-order valence-corrected chi connectivity index (χ0v) is 11.4. The highest BCUT2D eigenvalue weighted by Crippen LogP contribution is 2.30. The summed E-state index contributed by atoms with van der Waals surface area (Å²) in [5, 5.41) is 0. The van der Waals surface area contributed by atoms with Gasteiger partial charge in [-0.25, -0.2) is 0 Å². The predicted octanol–water partition coefficient (Wildman–Crippen LogP) is 3.08. The average molecular weight is 252 g/mol. The van der Waals surface area contributed by atoms with Crippen LogP contribution in [-0.2, 0) is 9.47 Å². The third-order valence-corrected chi connectivity index (χ3v) is 2.49. The number of hydrogen-bond donors (Lipinski definition) is 0. The molecule has 1 rings (SSSR count). The second kappa shape index (κ2) is 7.74. The second-order valence-electron chi connectivity index (χ2n) is 3.73. The second-order valence-corrected chi connectivity index (χ2v) is 3.73. The van der Waals surface area contributed by atoms with Crippen LogP contribution in [0.15, 0.2) is 24.3 Å². The van der Waals surface area contributed by atoms with Crippen molar-refractivity contribution in [3.05, 3.63) is 29.8 Å². The maximum absolute atomic E-state index is 5.55. The van der Waals surface area contributed by atoms with Crippen molar-refractivity contribution in [3.8, 4) is 11.5 Å². The first kappa shape index (κ1) is 14.5. The van der Waals surface area contributed by atoms with Crippen LogP contribution in [0.1, 0.15) is 19.4 Å². The lowest BCUT2D eigenvalue weighted by Gasteiger charge is -2.13. The molecule has 0 saturated carbocycles. The lowest BCUT2D eigenvalue weighted by atomic mass is 10.1. The van der Waals surface area contributed by atoms with Gasteiger partial charge in [-0.3, -0.25) is 0 Å². The molecule has 100 valence electrons. The van der Waals surface area contributed by atoms with Crippen LogP contribution in [0, 0.1) is 0 Å². The summed E-state index contributed by atoms with van der Waals surface area (Å²) in [6.45, 7) is 4.44. The average Bonchev–Trinajstić information content (AvgIpc) is 2.42. The zero-order chi connectivity index (χ0) is 13.4. The van der Waals surface area contributed by atoms with Gasteiger partial charge < -0.3 is 18.9 Å². The summed E-state index contributed by atoms with van der Waals surface area (Å²) in [4.78, 5) is 0. The third kappa shape index (κ3) is 4.05. The molecule has 0 fully saturated rings. The fourth-order valence-electron chi connectivity index (χ4n) is 1.44. The van der Waals surface area contributed by atoms with Gasteiger partial charge in [0.05, 0.1) is 0 Å². The molecule has 0 atom stereocenters. The third-order valence-electron chi connectivity index (χ3n) is 2.49. The van der Waals surface area contributed by atoms with Gasteiger partial charge in [0.15, 0.2) is 13.6 Å². The van der Waals surface area contributed by atoms with Crippen molar-refractivity contribution in [2.75, 3.05) is 27.8 Å². The van der Waals surface area contributed by atoms with E-state index in [1.807, 2.05) is 38.1 Å². The molecule has 0 unspecified atom stereocenters. The highest BCUT2D eigenvalue weighted by Gasteiger charge is 2.07. The number of hydrogen-bond acceptors (Lipinski definition) is 4. The lowest BCUT2D eigenvalue weighted by Crippen LogP contribution is -2.03. The quantitative estimate of drug-likeness (QED) is 0.699. The standard InChI is InChI=1S/C14H20O4/c1-5-11(2)13-7-6-12(17-9-15-3)8-14(13)18-10-16-4/h5-8H,9-10H2,1-4H3/b11-5-. The molecule has 0 aliphatic heterocycles. The molecule has 4 heteroatoms. The van der Waals surface area contributed by atoms with E-state index >= 15 is 0 Å². The van der Waals surface area contributed by atoms with Crippen LogP contribution in [0.4, 0.5) is 0 Å². The molecule has 0 N–H and O–H groups in total. The fraction of sp³-hybridized carbons (Fsp3) is 0.429.